The normalized spacial score (nSPS) is 20.3. The number of nitrogens with zero attached hydrogens (tertiary/aromatic N) is 2. The van der Waals surface area contributed by atoms with E-state index in [1.54, 1.807) is 6.07 Å². The van der Waals surface area contributed by atoms with Crippen molar-refractivity contribution in [3.8, 4) is 11.3 Å². The van der Waals surface area contributed by atoms with Gasteiger partial charge in [0.25, 0.3) is 0 Å². The second-order valence-corrected chi connectivity index (χ2v) is 7.23. The van der Waals surface area contributed by atoms with E-state index < -0.39 is 0 Å². The molecule has 1 unspecified atom stereocenters. The molecule has 1 aromatic heterocycles. The Labute approximate surface area is 144 Å². The van der Waals surface area contributed by atoms with Crippen LogP contribution in [0.1, 0.15) is 32.6 Å². The molecule has 0 aliphatic heterocycles. The van der Waals surface area contributed by atoms with Crippen molar-refractivity contribution >= 4 is 45.4 Å². The highest BCUT2D eigenvalue weighted by Gasteiger charge is 2.16. The lowest BCUT2D eigenvalue weighted by atomic mass is 9.89. The van der Waals surface area contributed by atoms with E-state index in [-0.39, 0.29) is 0 Å². The Kier molecular flexibility index (Phi) is 5.01. The molecule has 1 aliphatic rings. The van der Waals surface area contributed by atoms with Crippen molar-refractivity contribution in [1.82, 2.24) is 4.98 Å². The number of halogens is 2. The van der Waals surface area contributed by atoms with Gasteiger partial charge < -0.3 is 0 Å². The number of nitrogens with one attached hydrogen (secondary N) is 1. The molecule has 116 valence electrons. The molecular weight excluding hydrogens is 337 g/mol. The van der Waals surface area contributed by atoms with Crippen LogP contribution in [0.2, 0.25) is 10.0 Å². The highest BCUT2D eigenvalue weighted by molar-refractivity contribution is 7.14. The first kappa shape index (κ1) is 15.8. The van der Waals surface area contributed by atoms with Gasteiger partial charge in [0.1, 0.15) is 0 Å². The van der Waals surface area contributed by atoms with Crippen molar-refractivity contribution in [3.05, 3.63) is 33.6 Å². The highest BCUT2D eigenvalue weighted by Crippen LogP contribution is 2.32. The van der Waals surface area contributed by atoms with Crippen LogP contribution in [0.25, 0.3) is 11.3 Å². The maximum Gasteiger partial charge on any atom is 0.203 e. The fraction of sp³-hybridized carbons (Fsp3) is 0.375. The lowest BCUT2D eigenvalue weighted by Gasteiger charge is -2.19. The first-order valence-corrected chi connectivity index (χ1v) is 9.00. The minimum atomic E-state index is 0.561. The molecule has 1 N–H and O–H groups in total. The molecule has 1 fully saturated rings. The van der Waals surface area contributed by atoms with Crippen LogP contribution >= 0.6 is 34.5 Å². The fourth-order valence-corrected chi connectivity index (χ4v) is 3.76. The quantitative estimate of drug-likeness (QED) is 0.677. The van der Waals surface area contributed by atoms with Gasteiger partial charge in [-0.05, 0) is 43.4 Å². The number of hydrogen-bond acceptors (Lipinski definition) is 4. The van der Waals surface area contributed by atoms with Crippen LogP contribution in [0.4, 0.5) is 5.13 Å². The van der Waals surface area contributed by atoms with Gasteiger partial charge in [0, 0.05) is 21.7 Å². The summed E-state index contributed by atoms with van der Waals surface area (Å²) in [7, 11) is 0. The molecule has 1 aromatic carbocycles. The molecule has 0 spiro atoms. The molecule has 2 aromatic rings. The van der Waals surface area contributed by atoms with Gasteiger partial charge in [-0.25, -0.2) is 4.98 Å². The Morgan fingerprint density at radius 2 is 2.18 bits per heavy atom. The van der Waals surface area contributed by atoms with E-state index in [0.717, 1.165) is 22.8 Å². The molecule has 0 bridgehead atoms. The first-order valence-electron chi connectivity index (χ1n) is 7.37. The zero-order valence-corrected chi connectivity index (χ0v) is 14.6. The van der Waals surface area contributed by atoms with Crippen molar-refractivity contribution in [1.29, 1.82) is 0 Å². The zero-order chi connectivity index (χ0) is 15.5. The third-order valence-electron chi connectivity index (χ3n) is 3.90. The number of anilines is 1. The maximum absolute atomic E-state index is 6.22. The standard InChI is InChI=1S/C16H17Cl2N3S/c1-10-4-2-3-5-14(10)20-21-16-19-15(9-22-16)12-7-6-11(17)8-13(12)18/h6-10H,2-5H2,1H3,(H,19,21)/b20-14-. The Morgan fingerprint density at radius 1 is 1.32 bits per heavy atom. The van der Waals surface area contributed by atoms with Gasteiger partial charge in [0.05, 0.1) is 10.7 Å². The van der Waals surface area contributed by atoms with E-state index in [2.05, 4.69) is 22.4 Å². The molecule has 1 aliphatic carbocycles. The monoisotopic (exact) mass is 353 g/mol. The summed E-state index contributed by atoms with van der Waals surface area (Å²) in [4.78, 5) is 4.55. The Balaban J connectivity index is 1.75. The number of rotatable bonds is 3. The average Bonchev–Trinajstić information content (AvgIpc) is 2.95. The lowest BCUT2D eigenvalue weighted by Crippen LogP contribution is -2.17. The molecule has 6 heteroatoms. The topological polar surface area (TPSA) is 37.3 Å². The van der Waals surface area contributed by atoms with Gasteiger partial charge in [-0.2, -0.15) is 5.10 Å². The predicted molar refractivity (Wildman–Crippen MR) is 96.3 cm³/mol. The molecule has 3 nitrogen and oxygen atoms in total. The van der Waals surface area contributed by atoms with Gasteiger partial charge in [-0.3, -0.25) is 5.43 Å². The molecule has 1 saturated carbocycles. The molecule has 0 amide bonds. The van der Waals surface area contributed by atoms with E-state index in [1.807, 2.05) is 17.5 Å². The largest absolute Gasteiger partial charge is 0.253 e. The van der Waals surface area contributed by atoms with Crippen LogP contribution < -0.4 is 5.43 Å². The summed E-state index contributed by atoms with van der Waals surface area (Å²) in [6, 6.07) is 5.44. The smallest absolute Gasteiger partial charge is 0.203 e. The van der Waals surface area contributed by atoms with Crippen LogP contribution in [0, 0.1) is 5.92 Å². The van der Waals surface area contributed by atoms with Crippen LogP contribution in [-0.4, -0.2) is 10.7 Å². The van der Waals surface area contributed by atoms with Gasteiger partial charge >= 0.3 is 0 Å². The summed E-state index contributed by atoms with van der Waals surface area (Å²) < 4.78 is 0. The van der Waals surface area contributed by atoms with Crippen molar-refractivity contribution < 1.29 is 0 Å². The summed E-state index contributed by atoms with van der Waals surface area (Å²) in [6.45, 7) is 2.24. The first-order chi connectivity index (χ1) is 10.6. The molecule has 1 atom stereocenters. The Morgan fingerprint density at radius 3 is 2.95 bits per heavy atom. The maximum atomic E-state index is 6.22. The van der Waals surface area contributed by atoms with Crippen LogP contribution in [0.3, 0.4) is 0 Å². The zero-order valence-electron chi connectivity index (χ0n) is 12.3. The van der Waals surface area contributed by atoms with Crippen LogP contribution in [-0.2, 0) is 0 Å². The Bertz CT molecular complexity index is 696. The van der Waals surface area contributed by atoms with E-state index >= 15 is 0 Å². The molecule has 0 radical (unpaired) electrons. The number of hydrogen-bond donors (Lipinski definition) is 1. The van der Waals surface area contributed by atoms with Crippen molar-refractivity contribution in [2.24, 2.45) is 11.0 Å². The van der Waals surface area contributed by atoms with Gasteiger partial charge in [0.15, 0.2) is 0 Å². The fourth-order valence-electron chi connectivity index (χ4n) is 2.60. The molecular formula is C16H17Cl2N3S. The minimum absolute atomic E-state index is 0.561. The SMILES string of the molecule is CC1CCCC/C1=N/Nc1nc(-c2ccc(Cl)cc2Cl)cs1. The van der Waals surface area contributed by atoms with Crippen LogP contribution in [0.5, 0.6) is 0 Å². The van der Waals surface area contributed by atoms with Gasteiger partial charge in [-0.15, -0.1) is 11.3 Å². The summed E-state index contributed by atoms with van der Waals surface area (Å²) in [5.74, 6) is 0.561. The molecule has 3 rings (SSSR count). The predicted octanol–water partition coefficient (Wildman–Crippen LogP) is 6.09. The van der Waals surface area contributed by atoms with Gasteiger partial charge in [0.2, 0.25) is 5.13 Å². The number of aromatic nitrogens is 1. The summed E-state index contributed by atoms with van der Waals surface area (Å²) in [5, 5.41) is 8.53. The number of benzene rings is 1. The summed E-state index contributed by atoms with van der Waals surface area (Å²) in [5.41, 5.74) is 6.06. The third kappa shape index (κ3) is 3.62. The van der Waals surface area contributed by atoms with Crippen molar-refractivity contribution in [3.63, 3.8) is 0 Å². The van der Waals surface area contributed by atoms with E-state index in [9.17, 15) is 0 Å². The Hall–Kier alpha value is -1.10. The van der Waals surface area contributed by atoms with Crippen molar-refractivity contribution in [2.75, 3.05) is 5.43 Å². The molecule has 22 heavy (non-hydrogen) atoms. The van der Waals surface area contributed by atoms with E-state index in [4.69, 9.17) is 23.2 Å². The molecule has 1 heterocycles. The van der Waals surface area contributed by atoms with Crippen molar-refractivity contribution in [2.45, 2.75) is 32.6 Å². The van der Waals surface area contributed by atoms with E-state index in [0.29, 0.717) is 16.0 Å². The van der Waals surface area contributed by atoms with E-state index in [1.165, 1.54) is 36.3 Å². The number of thiazole rings is 1. The van der Waals surface area contributed by atoms with Crippen LogP contribution in [0.15, 0.2) is 28.7 Å². The molecule has 0 saturated heterocycles. The van der Waals surface area contributed by atoms with Gasteiger partial charge in [-0.1, -0.05) is 36.5 Å². The second kappa shape index (κ2) is 6.99. The average molecular weight is 354 g/mol. The third-order valence-corrected chi connectivity index (χ3v) is 5.19. The minimum Gasteiger partial charge on any atom is -0.253 e. The lowest BCUT2D eigenvalue weighted by molar-refractivity contribution is 0.558. The summed E-state index contributed by atoms with van der Waals surface area (Å²) >= 11 is 13.7. The summed E-state index contributed by atoms with van der Waals surface area (Å²) in [6.07, 6.45) is 4.84. The second-order valence-electron chi connectivity index (χ2n) is 5.52. The number of hydrazone groups is 1. The highest BCUT2D eigenvalue weighted by atomic mass is 35.5.